The number of guanidine groups is 1. The quantitative estimate of drug-likeness (QED) is 0.545. The molecule has 0 atom stereocenters. The first kappa shape index (κ1) is 20.0. The first-order valence-corrected chi connectivity index (χ1v) is 10.2. The Morgan fingerprint density at radius 1 is 1.12 bits per heavy atom. The van der Waals surface area contributed by atoms with Gasteiger partial charge in [0.15, 0.2) is 5.96 Å². The van der Waals surface area contributed by atoms with Crippen molar-refractivity contribution in [3.05, 3.63) is 0 Å². The highest BCUT2D eigenvalue weighted by atomic mass is 16.5. The number of amides is 1. The van der Waals surface area contributed by atoms with Gasteiger partial charge in [0.2, 0.25) is 5.91 Å². The lowest BCUT2D eigenvalue weighted by atomic mass is 9.95. The monoisotopic (exact) mass is 352 g/mol. The van der Waals surface area contributed by atoms with Crippen LogP contribution in [-0.4, -0.2) is 61.7 Å². The molecule has 1 saturated heterocycles. The van der Waals surface area contributed by atoms with E-state index in [4.69, 9.17) is 4.74 Å². The van der Waals surface area contributed by atoms with Crippen molar-refractivity contribution >= 4 is 11.9 Å². The fourth-order valence-corrected chi connectivity index (χ4v) is 3.71. The lowest BCUT2D eigenvalue weighted by Gasteiger charge is -2.34. The van der Waals surface area contributed by atoms with Crippen LogP contribution >= 0.6 is 0 Å². The van der Waals surface area contributed by atoms with Crippen molar-refractivity contribution in [1.82, 2.24) is 15.5 Å². The van der Waals surface area contributed by atoms with E-state index in [9.17, 15) is 4.79 Å². The Hall–Kier alpha value is -1.30. The van der Waals surface area contributed by atoms with E-state index >= 15 is 0 Å². The summed E-state index contributed by atoms with van der Waals surface area (Å²) in [5.41, 5.74) is 0. The second-order valence-electron chi connectivity index (χ2n) is 7.03. The van der Waals surface area contributed by atoms with Gasteiger partial charge in [0, 0.05) is 38.7 Å². The van der Waals surface area contributed by atoms with E-state index in [1.807, 2.05) is 0 Å². The Labute approximate surface area is 152 Å². The average molecular weight is 353 g/mol. The van der Waals surface area contributed by atoms with E-state index < -0.39 is 0 Å². The van der Waals surface area contributed by atoms with Gasteiger partial charge in [-0.15, -0.1) is 0 Å². The second-order valence-corrected chi connectivity index (χ2v) is 7.03. The van der Waals surface area contributed by atoms with Gasteiger partial charge in [-0.3, -0.25) is 9.79 Å². The minimum absolute atomic E-state index is 0.140. The Morgan fingerprint density at radius 3 is 2.48 bits per heavy atom. The molecule has 0 aromatic rings. The molecule has 2 fully saturated rings. The molecule has 0 bridgehead atoms. The molecule has 0 unspecified atom stereocenters. The molecule has 2 aliphatic rings. The summed E-state index contributed by atoms with van der Waals surface area (Å²) in [4.78, 5) is 19.1. The fourth-order valence-electron chi connectivity index (χ4n) is 3.71. The van der Waals surface area contributed by atoms with Crippen LogP contribution in [-0.2, 0) is 9.53 Å². The molecule has 144 valence electrons. The molecule has 1 saturated carbocycles. The zero-order chi connectivity index (χ0) is 17.9. The molecule has 1 heterocycles. The summed E-state index contributed by atoms with van der Waals surface area (Å²) in [6.45, 7) is 8.24. The maximum atomic E-state index is 12.1. The SMILES string of the molecule is CCNC(=NCCC(=O)NC1CCCCC1)N1CCC(OCC)CC1. The van der Waals surface area contributed by atoms with Gasteiger partial charge in [0.25, 0.3) is 0 Å². The van der Waals surface area contributed by atoms with Crippen molar-refractivity contribution in [2.75, 3.05) is 32.8 Å². The van der Waals surface area contributed by atoms with Gasteiger partial charge < -0.3 is 20.3 Å². The van der Waals surface area contributed by atoms with Gasteiger partial charge in [0.05, 0.1) is 12.6 Å². The van der Waals surface area contributed by atoms with E-state index in [1.54, 1.807) is 0 Å². The number of piperidine rings is 1. The van der Waals surface area contributed by atoms with E-state index in [-0.39, 0.29) is 5.91 Å². The molecule has 2 rings (SSSR count). The molecule has 1 aliphatic carbocycles. The number of carbonyl (C=O) groups is 1. The number of likely N-dealkylation sites (tertiary alicyclic amines) is 1. The minimum atomic E-state index is 0.140. The van der Waals surface area contributed by atoms with E-state index in [0.717, 1.165) is 57.9 Å². The summed E-state index contributed by atoms with van der Waals surface area (Å²) in [5, 5.41) is 6.52. The molecule has 0 radical (unpaired) electrons. The average Bonchev–Trinajstić information content (AvgIpc) is 2.63. The fraction of sp³-hybridized carbons (Fsp3) is 0.895. The lowest BCUT2D eigenvalue weighted by molar-refractivity contribution is -0.121. The van der Waals surface area contributed by atoms with Gasteiger partial charge >= 0.3 is 0 Å². The number of carbonyl (C=O) groups excluding carboxylic acids is 1. The number of nitrogens with one attached hydrogen (secondary N) is 2. The summed E-state index contributed by atoms with van der Waals surface area (Å²) >= 11 is 0. The number of hydrogen-bond acceptors (Lipinski definition) is 3. The maximum Gasteiger partial charge on any atom is 0.222 e. The predicted octanol–water partition coefficient (Wildman–Crippen LogP) is 2.29. The highest BCUT2D eigenvalue weighted by Crippen LogP contribution is 2.17. The number of aliphatic imine (C=N–C) groups is 1. The Morgan fingerprint density at radius 2 is 1.84 bits per heavy atom. The van der Waals surface area contributed by atoms with Crippen LogP contribution in [0.3, 0.4) is 0 Å². The summed E-state index contributed by atoms with van der Waals surface area (Å²) in [6.07, 6.45) is 8.99. The third kappa shape index (κ3) is 7.22. The van der Waals surface area contributed by atoms with Gasteiger partial charge in [0.1, 0.15) is 0 Å². The van der Waals surface area contributed by atoms with Crippen molar-refractivity contribution in [2.45, 2.75) is 77.4 Å². The number of ether oxygens (including phenoxy) is 1. The first-order chi connectivity index (χ1) is 12.2. The number of hydrogen-bond donors (Lipinski definition) is 2. The highest BCUT2D eigenvalue weighted by molar-refractivity contribution is 5.81. The van der Waals surface area contributed by atoms with Crippen molar-refractivity contribution < 1.29 is 9.53 Å². The van der Waals surface area contributed by atoms with Gasteiger partial charge in [-0.25, -0.2) is 0 Å². The van der Waals surface area contributed by atoms with Gasteiger partial charge in [-0.2, -0.15) is 0 Å². The summed E-state index contributed by atoms with van der Waals surface area (Å²) in [7, 11) is 0. The Balaban J connectivity index is 1.74. The van der Waals surface area contributed by atoms with Crippen LogP contribution in [0.5, 0.6) is 0 Å². The predicted molar refractivity (Wildman–Crippen MR) is 102 cm³/mol. The molecule has 6 heteroatoms. The third-order valence-electron chi connectivity index (χ3n) is 5.05. The summed E-state index contributed by atoms with van der Waals surface area (Å²) < 4.78 is 5.72. The van der Waals surface area contributed by atoms with E-state index in [0.29, 0.717) is 25.1 Å². The van der Waals surface area contributed by atoms with Crippen molar-refractivity contribution in [3.63, 3.8) is 0 Å². The molecule has 2 N–H and O–H groups in total. The van der Waals surface area contributed by atoms with Gasteiger partial charge in [-0.05, 0) is 39.5 Å². The molecule has 0 aromatic heterocycles. The zero-order valence-electron chi connectivity index (χ0n) is 16.1. The van der Waals surface area contributed by atoms with E-state index in [2.05, 4.69) is 34.4 Å². The van der Waals surface area contributed by atoms with Crippen LogP contribution in [0.1, 0.15) is 65.2 Å². The van der Waals surface area contributed by atoms with Crippen LogP contribution in [0.25, 0.3) is 0 Å². The van der Waals surface area contributed by atoms with E-state index in [1.165, 1.54) is 19.3 Å². The first-order valence-electron chi connectivity index (χ1n) is 10.2. The molecule has 1 amide bonds. The van der Waals surface area contributed by atoms with Crippen molar-refractivity contribution in [2.24, 2.45) is 4.99 Å². The molecular formula is C19H36N4O2. The molecule has 0 aromatic carbocycles. The minimum Gasteiger partial charge on any atom is -0.378 e. The Kier molecular flexibility index (Phi) is 9.08. The normalized spacial score (nSPS) is 20.6. The van der Waals surface area contributed by atoms with Gasteiger partial charge in [-0.1, -0.05) is 19.3 Å². The zero-order valence-corrected chi connectivity index (χ0v) is 16.1. The molecule has 1 aliphatic heterocycles. The summed E-state index contributed by atoms with van der Waals surface area (Å²) in [5.74, 6) is 1.07. The van der Waals surface area contributed by atoms with Crippen LogP contribution in [0.15, 0.2) is 4.99 Å². The van der Waals surface area contributed by atoms with Crippen LogP contribution in [0.4, 0.5) is 0 Å². The molecule has 6 nitrogen and oxygen atoms in total. The number of rotatable bonds is 7. The second kappa shape index (κ2) is 11.3. The van der Waals surface area contributed by atoms with Crippen molar-refractivity contribution in [1.29, 1.82) is 0 Å². The number of nitrogens with zero attached hydrogens (tertiary/aromatic N) is 2. The Bertz CT molecular complexity index is 414. The molecule has 0 spiro atoms. The van der Waals surface area contributed by atoms with Crippen molar-refractivity contribution in [3.8, 4) is 0 Å². The standard InChI is InChI=1S/C19H36N4O2/c1-3-20-19(23-14-11-17(12-15-23)25-4-2)21-13-10-18(24)22-16-8-6-5-7-9-16/h16-17H,3-15H2,1-2H3,(H,20,21)(H,22,24). The smallest absolute Gasteiger partial charge is 0.222 e. The largest absolute Gasteiger partial charge is 0.378 e. The van der Waals surface area contributed by atoms with Crippen LogP contribution in [0, 0.1) is 0 Å². The third-order valence-corrected chi connectivity index (χ3v) is 5.05. The highest BCUT2D eigenvalue weighted by Gasteiger charge is 2.21. The van der Waals surface area contributed by atoms with Crippen LogP contribution in [0.2, 0.25) is 0 Å². The summed E-state index contributed by atoms with van der Waals surface area (Å²) in [6, 6.07) is 0.385. The lowest BCUT2D eigenvalue weighted by Crippen LogP contribution is -2.47. The molecular weight excluding hydrogens is 316 g/mol. The molecule has 25 heavy (non-hydrogen) atoms. The maximum absolute atomic E-state index is 12.1. The topological polar surface area (TPSA) is 66.0 Å². The van der Waals surface area contributed by atoms with Crippen LogP contribution < -0.4 is 10.6 Å².